The number of aliphatic hydroxyl groups excluding tert-OH is 2. The molecule has 5 N–H and O–H groups in total. The number of nitrogens with one attached hydrogen (secondary N) is 1. The van der Waals surface area contributed by atoms with Crippen LogP contribution in [0.1, 0.15) is 18.2 Å². The first-order valence-electron chi connectivity index (χ1n) is 6.30. The van der Waals surface area contributed by atoms with Crippen LogP contribution in [0, 0.1) is 11.3 Å². The highest BCUT2D eigenvalue weighted by molar-refractivity contribution is 5.83. The number of nitrogen functional groups attached to an aromatic ring is 1. The van der Waals surface area contributed by atoms with Crippen molar-refractivity contribution >= 4 is 17.0 Å². The van der Waals surface area contributed by atoms with E-state index >= 15 is 0 Å². The van der Waals surface area contributed by atoms with E-state index in [9.17, 15) is 9.90 Å². The summed E-state index contributed by atoms with van der Waals surface area (Å²) in [5, 5.41) is 28.2. The molecule has 0 radical (unpaired) electrons. The van der Waals surface area contributed by atoms with Crippen LogP contribution in [-0.2, 0) is 4.74 Å². The highest BCUT2D eigenvalue weighted by atomic mass is 16.5. The molecule has 1 unspecified atom stereocenters. The molecule has 21 heavy (non-hydrogen) atoms. The lowest BCUT2D eigenvalue weighted by Gasteiger charge is -2.14. The minimum atomic E-state index is -0.831. The summed E-state index contributed by atoms with van der Waals surface area (Å²) in [5.41, 5.74) is 5.38. The van der Waals surface area contributed by atoms with Gasteiger partial charge in [-0.3, -0.25) is 9.78 Å². The zero-order valence-electron chi connectivity index (χ0n) is 10.9. The van der Waals surface area contributed by atoms with E-state index in [4.69, 9.17) is 20.8 Å². The SMILES string of the molecule is N#Cc1cn(C2C[C@H](O)[C@@H](CO)O2)c2nc(N)[nH]c(=O)c12. The van der Waals surface area contributed by atoms with Gasteiger partial charge in [-0.2, -0.15) is 10.2 Å². The molecule has 0 spiro atoms. The minimum absolute atomic E-state index is 0.0754. The van der Waals surface area contributed by atoms with Crippen LogP contribution >= 0.6 is 0 Å². The van der Waals surface area contributed by atoms with E-state index in [1.54, 1.807) is 0 Å². The predicted octanol–water partition coefficient (Wildman–Crippen LogP) is -1.18. The average Bonchev–Trinajstić information content (AvgIpc) is 2.98. The molecule has 9 heteroatoms. The number of anilines is 1. The van der Waals surface area contributed by atoms with Crippen molar-refractivity contribution in [3.05, 3.63) is 22.1 Å². The van der Waals surface area contributed by atoms with Crippen molar-refractivity contribution in [2.24, 2.45) is 0 Å². The second-order valence-electron chi connectivity index (χ2n) is 4.83. The molecule has 1 fully saturated rings. The van der Waals surface area contributed by atoms with E-state index in [0.29, 0.717) is 0 Å². The Hall–Kier alpha value is -2.41. The van der Waals surface area contributed by atoms with Crippen LogP contribution in [0.2, 0.25) is 0 Å². The molecule has 2 aromatic heterocycles. The van der Waals surface area contributed by atoms with Gasteiger partial charge in [-0.25, -0.2) is 0 Å². The Morgan fingerprint density at radius 3 is 3.05 bits per heavy atom. The molecule has 1 aliphatic heterocycles. The van der Waals surface area contributed by atoms with E-state index in [1.807, 2.05) is 6.07 Å². The molecule has 3 rings (SSSR count). The number of aliphatic hydroxyl groups is 2. The molecule has 9 nitrogen and oxygen atoms in total. The van der Waals surface area contributed by atoms with E-state index in [0.717, 1.165) is 0 Å². The van der Waals surface area contributed by atoms with Crippen molar-refractivity contribution in [2.75, 3.05) is 12.3 Å². The Morgan fingerprint density at radius 2 is 2.43 bits per heavy atom. The van der Waals surface area contributed by atoms with Crippen LogP contribution < -0.4 is 11.3 Å². The third-order valence-corrected chi connectivity index (χ3v) is 3.52. The van der Waals surface area contributed by atoms with Gasteiger partial charge in [-0.1, -0.05) is 0 Å². The number of nitriles is 1. The summed E-state index contributed by atoms with van der Waals surface area (Å²) < 4.78 is 7.00. The fraction of sp³-hybridized carbons (Fsp3) is 0.417. The molecule has 0 amide bonds. The topological polar surface area (TPSA) is 150 Å². The molecule has 0 bridgehead atoms. The smallest absolute Gasteiger partial charge is 0.263 e. The quantitative estimate of drug-likeness (QED) is 0.543. The number of nitrogens with zero attached hydrogens (tertiary/aromatic N) is 3. The number of aromatic nitrogens is 3. The van der Waals surface area contributed by atoms with Crippen molar-refractivity contribution in [3.8, 4) is 6.07 Å². The second kappa shape index (κ2) is 4.85. The van der Waals surface area contributed by atoms with Gasteiger partial charge in [0.05, 0.1) is 18.3 Å². The van der Waals surface area contributed by atoms with Gasteiger partial charge in [0.2, 0.25) is 5.95 Å². The first-order chi connectivity index (χ1) is 10.0. The summed E-state index contributed by atoms with van der Waals surface area (Å²) in [4.78, 5) is 18.3. The van der Waals surface area contributed by atoms with Crippen LogP contribution in [0.5, 0.6) is 0 Å². The van der Waals surface area contributed by atoms with Gasteiger partial charge in [-0.15, -0.1) is 0 Å². The fourth-order valence-corrected chi connectivity index (χ4v) is 2.53. The van der Waals surface area contributed by atoms with Crippen molar-refractivity contribution in [1.29, 1.82) is 5.26 Å². The summed E-state index contributed by atoms with van der Waals surface area (Å²) in [7, 11) is 0. The Kier molecular flexibility index (Phi) is 3.13. The Bertz CT molecular complexity index is 789. The normalized spacial score (nSPS) is 25.3. The van der Waals surface area contributed by atoms with Gasteiger partial charge in [0.25, 0.3) is 5.56 Å². The number of hydrogen-bond donors (Lipinski definition) is 4. The summed E-state index contributed by atoms with van der Waals surface area (Å²) in [5.74, 6) is -0.0754. The average molecular weight is 291 g/mol. The lowest BCUT2D eigenvalue weighted by molar-refractivity contribution is -0.0430. The van der Waals surface area contributed by atoms with Crippen LogP contribution in [0.25, 0.3) is 11.0 Å². The Balaban J connectivity index is 2.16. The van der Waals surface area contributed by atoms with Crippen molar-refractivity contribution in [1.82, 2.24) is 14.5 Å². The third-order valence-electron chi connectivity index (χ3n) is 3.52. The van der Waals surface area contributed by atoms with Gasteiger partial charge < -0.3 is 25.3 Å². The summed E-state index contributed by atoms with van der Waals surface area (Å²) in [6, 6.07) is 1.92. The van der Waals surface area contributed by atoms with Gasteiger partial charge in [0.15, 0.2) is 5.65 Å². The lowest BCUT2D eigenvalue weighted by atomic mass is 10.2. The summed E-state index contributed by atoms with van der Waals surface area (Å²) in [6.07, 6.45) is -0.521. The van der Waals surface area contributed by atoms with Crippen molar-refractivity contribution in [2.45, 2.75) is 24.9 Å². The van der Waals surface area contributed by atoms with E-state index in [2.05, 4.69) is 9.97 Å². The molecule has 3 heterocycles. The Labute approximate surface area is 118 Å². The number of rotatable bonds is 2. The third kappa shape index (κ3) is 2.06. The first kappa shape index (κ1) is 13.6. The Morgan fingerprint density at radius 1 is 1.67 bits per heavy atom. The van der Waals surface area contributed by atoms with Crippen LogP contribution in [0.15, 0.2) is 11.0 Å². The zero-order valence-corrected chi connectivity index (χ0v) is 10.9. The maximum absolute atomic E-state index is 11.9. The van der Waals surface area contributed by atoms with Crippen molar-refractivity contribution in [3.63, 3.8) is 0 Å². The maximum atomic E-state index is 11.9. The molecular formula is C12H13N5O4. The molecule has 1 saturated heterocycles. The van der Waals surface area contributed by atoms with E-state index in [1.165, 1.54) is 10.8 Å². The number of nitrogens with two attached hydrogens (primary N) is 1. The molecular weight excluding hydrogens is 278 g/mol. The molecule has 0 aromatic carbocycles. The van der Waals surface area contributed by atoms with Gasteiger partial charge in [-0.05, 0) is 0 Å². The molecule has 110 valence electrons. The number of aromatic amines is 1. The van der Waals surface area contributed by atoms with Gasteiger partial charge in [0.1, 0.15) is 23.8 Å². The minimum Gasteiger partial charge on any atom is -0.394 e. The summed E-state index contributed by atoms with van der Waals surface area (Å²) in [6.45, 7) is -0.321. The van der Waals surface area contributed by atoms with Crippen molar-refractivity contribution < 1.29 is 14.9 Å². The number of hydrogen-bond acceptors (Lipinski definition) is 7. The predicted molar refractivity (Wildman–Crippen MR) is 71.1 cm³/mol. The number of ether oxygens (including phenoxy) is 1. The highest BCUT2D eigenvalue weighted by Crippen LogP contribution is 2.31. The first-order valence-corrected chi connectivity index (χ1v) is 6.30. The molecule has 0 aliphatic carbocycles. The lowest BCUT2D eigenvalue weighted by Crippen LogP contribution is -2.24. The molecule has 0 saturated carbocycles. The zero-order chi connectivity index (χ0) is 15.1. The van der Waals surface area contributed by atoms with Gasteiger partial charge >= 0.3 is 0 Å². The van der Waals surface area contributed by atoms with E-state index < -0.39 is 24.0 Å². The molecule has 1 aliphatic rings. The second-order valence-corrected chi connectivity index (χ2v) is 4.83. The number of fused-ring (bicyclic) bond motifs is 1. The number of H-pyrrole nitrogens is 1. The van der Waals surface area contributed by atoms with Crippen LogP contribution in [0.3, 0.4) is 0 Å². The van der Waals surface area contributed by atoms with Gasteiger partial charge in [0, 0.05) is 12.6 Å². The largest absolute Gasteiger partial charge is 0.394 e. The highest BCUT2D eigenvalue weighted by Gasteiger charge is 2.35. The van der Waals surface area contributed by atoms with Crippen LogP contribution in [-0.4, -0.2) is 43.6 Å². The fourth-order valence-electron chi connectivity index (χ4n) is 2.53. The molecule has 2 aromatic rings. The summed E-state index contributed by atoms with van der Waals surface area (Å²) >= 11 is 0. The molecule has 3 atom stereocenters. The monoisotopic (exact) mass is 291 g/mol. The standard InChI is InChI=1S/C12H13N5O4/c13-2-5-3-17(8-1-6(19)7(4-18)21-8)10-9(5)11(20)16-12(14)15-10/h3,6-8,18-19H,1,4H2,(H3,14,15,16,20)/t6-,7+,8?/m0/s1. The van der Waals surface area contributed by atoms with E-state index in [-0.39, 0.29) is 35.6 Å². The maximum Gasteiger partial charge on any atom is 0.263 e. The van der Waals surface area contributed by atoms with Crippen LogP contribution in [0.4, 0.5) is 5.95 Å².